The predicted molar refractivity (Wildman–Crippen MR) is 77.7 cm³/mol. The first-order valence-corrected chi connectivity index (χ1v) is 8.60. The summed E-state index contributed by atoms with van der Waals surface area (Å²) in [5, 5.41) is 24.2. The molecule has 1 amide bonds. The fraction of sp³-hybridized carbons (Fsp3) is 0.938. The Morgan fingerprint density at radius 3 is 2.86 bits per heavy atom. The van der Waals surface area contributed by atoms with Gasteiger partial charge in [-0.15, -0.1) is 0 Å². The van der Waals surface area contributed by atoms with Crippen LogP contribution in [-0.2, 0) is 4.79 Å². The molecule has 4 aliphatic heterocycles. The molecule has 0 aromatic carbocycles. The summed E-state index contributed by atoms with van der Waals surface area (Å²) in [7, 11) is 0. The van der Waals surface area contributed by atoms with Gasteiger partial charge in [0.15, 0.2) is 6.17 Å². The van der Waals surface area contributed by atoms with E-state index in [-0.39, 0.29) is 34.8 Å². The lowest BCUT2D eigenvalue weighted by Gasteiger charge is -2.70. The van der Waals surface area contributed by atoms with Crippen molar-refractivity contribution in [3.05, 3.63) is 5.21 Å². The largest absolute Gasteiger partial charge is 0.631 e. The average molecular weight is 294 g/mol. The second-order valence-corrected chi connectivity index (χ2v) is 7.77. The van der Waals surface area contributed by atoms with Gasteiger partial charge in [-0.2, -0.15) is 0 Å². The van der Waals surface area contributed by atoms with Gasteiger partial charge < -0.3 is 15.0 Å². The first-order chi connectivity index (χ1) is 10.0. The number of fused-ring (bicyclic) bond motifs is 2. The minimum absolute atomic E-state index is 0.0887. The van der Waals surface area contributed by atoms with Crippen molar-refractivity contribution < 1.29 is 14.5 Å². The lowest BCUT2D eigenvalue weighted by atomic mass is 9.74. The molecule has 5 heteroatoms. The molecule has 4 fully saturated rings. The third-order valence-corrected chi connectivity index (χ3v) is 6.51. The van der Waals surface area contributed by atoms with Crippen LogP contribution in [0.5, 0.6) is 0 Å². The summed E-state index contributed by atoms with van der Waals surface area (Å²) in [5.41, 5.74) is 0. The standard InChI is InChI=1S/C16H26N2O3/c1-10-7-12-9-11-3-2-4-16(20)17(11)15-6-5-14(19)13(8-10)18(12,15)21/h10-15,19H,2-9H2,1H3/t10-,11+,12-,13-,14-,15-,18?/m1/s1. The molecule has 5 nitrogen and oxygen atoms in total. The van der Waals surface area contributed by atoms with E-state index >= 15 is 0 Å². The highest BCUT2D eigenvalue weighted by atomic mass is 16.6. The average Bonchev–Trinajstić information content (AvgIpc) is 2.43. The lowest BCUT2D eigenvalue weighted by molar-refractivity contribution is -0.982. The van der Waals surface area contributed by atoms with E-state index in [1.165, 1.54) is 0 Å². The Bertz CT molecular complexity index is 457. The number of aliphatic hydroxyl groups is 1. The van der Waals surface area contributed by atoms with Gasteiger partial charge in [-0.05, 0) is 25.2 Å². The molecule has 21 heavy (non-hydrogen) atoms. The van der Waals surface area contributed by atoms with Gasteiger partial charge >= 0.3 is 0 Å². The van der Waals surface area contributed by atoms with Gasteiger partial charge in [0, 0.05) is 38.1 Å². The maximum Gasteiger partial charge on any atom is 0.227 e. The van der Waals surface area contributed by atoms with Gasteiger partial charge in [0.05, 0.1) is 6.04 Å². The first-order valence-electron chi connectivity index (χ1n) is 8.60. The van der Waals surface area contributed by atoms with Crippen molar-refractivity contribution in [2.75, 3.05) is 0 Å². The van der Waals surface area contributed by atoms with Gasteiger partial charge in [-0.1, -0.05) is 6.92 Å². The molecular formula is C16H26N2O3. The summed E-state index contributed by atoms with van der Waals surface area (Å²) in [5.74, 6) is 0.691. The van der Waals surface area contributed by atoms with E-state index in [0.29, 0.717) is 25.2 Å². The third kappa shape index (κ3) is 1.83. The summed E-state index contributed by atoms with van der Waals surface area (Å²) >= 11 is 0. The second kappa shape index (κ2) is 4.67. The zero-order valence-corrected chi connectivity index (χ0v) is 12.8. The van der Waals surface area contributed by atoms with Crippen molar-refractivity contribution >= 4 is 5.91 Å². The number of hydrogen-bond donors (Lipinski definition) is 1. The predicted octanol–water partition coefficient (Wildman–Crippen LogP) is 1.73. The van der Waals surface area contributed by atoms with Crippen LogP contribution in [0.4, 0.5) is 0 Å². The van der Waals surface area contributed by atoms with E-state index in [4.69, 9.17) is 0 Å². The molecule has 7 atom stereocenters. The van der Waals surface area contributed by atoms with Crippen LogP contribution in [0.25, 0.3) is 0 Å². The van der Waals surface area contributed by atoms with Crippen LogP contribution in [0.3, 0.4) is 0 Å². The summed E-state index contributed by atoms with van der Waals surface area (Å²) < 4.78 is -0.298. The second-order valence-electron chi connectivity index (χ2n) is 7.77. The molecule has 0 radical (unpaired) electrons. The molecule has 0 aromatic rings. The molecular weight excluding hydrogens is 268 g/mol. The summed E-state index contributed by atoms with van der Waals surface area (Å²) in [6.45, 7) is 2.21. The van der Waals surface area contributed by atoms with E-state index in [0.717, 1.165) is 32.1 Å². The number of carbonyl (C=O) groups is 1. The van der Waals surface area contributed by atoms with Crippen molar-refractivity contribution in [3.63, 3.8) is 0 Å². The van der Waals surface area contributed by atoms with Crippen LogP contribution in [0, 0.1) is 11.1 Å². The van der Waals surface area contributed by atoms with Gasteiger partial charge in [-0.3, -0.25) is 9.69 Å². The van der Waals surface area contributed by atoms with E-state index in [2.05, 4.69) is 6.92 Å². The Labute approximate surface area is 126 Å². The molecule has 0 aromatic heterocycles. The number of nitrogens with zero attached hydrogens (tertiary/aromatic N) is 2. The maximum atomic E-state index is 13.8. The Morgan fingerprint density at radius 2 is 2.05 bits per heavy atom. The fourth-order valence-corrected chi connectivity index (χ4v) is 5.69. The number of hydroxylamine groups is 3. The summed E-state index contributed by atoms with van der Waals surface area (Å²) in [6.07, 6.45) is 5.89. The number of carbonyl (C=O) groups excluding carboxylic acids is 1. The monoisotopic (exact) mass is 294 g/mol. The number of rotatable bonds is 0. The molecule has 4 saturated heterocycles. The fourth-order valence-electron chi connectivity index (χ4n) is 5.69. The van der Waals surface area contributed by atoms with Crippen LogP contribution in [0.2, 0.25) is 0 Å². The van der Waals surface area contributed by atoms with E-state index < -0.39 is 6.10 Å². The van der Waals surface area contributed by atoms with Crippen LogP contribution in [0.1, 0.15) is 58.3 Å². The Balaban J connectivity index is 1.75. The Hall–Kier alpha value is -0.650. The van der Waals surface area contributed by atoms with Gasteiger partial charge in [0.2, 0.25) is 5.91 Å². The van der Waals surface area contributed by atoms with Crippen LogP contribution in [-0.4, -0.2) is 51.0 Å². The molecule has 1 N–H and O–H groups in total. The van der Waals surface area contributed by atoms with Gasteiger partial charge in [0.1, 0.15) is 12.1 Å². The van der Waals surface area contributed by atoms with E-state index in [1.54, 1.807) is 0 Å². The summed E-state index contributed by atoms with van der Waals surface area (Å²) in [6, 6.07) is 0.154. The number of quaternary nitrogens is 1. The third-order valence-electron chi connectivity index (χ3n) is 6.51. The highest BCUT2D eigenvalue weighted by molar-refractivity contribution is 5.77. The van der Waals surface area contributed by atoms with Crippen LogP contribution >= 0.6 is 0 Å². The normalized spacial score (nSPS) is 53.1. The van der Waals surface area contributed by atoms with Crippen LogP contribution < -0.4 is 0 Å². The molecule has 1 unspecified atom stereocenters. The molecule has 4 rings (SSSR count). The van der Waals surface area contributed by atoms with E-state index in [9.17, 15) is 15.1 Å². The van der Waals surface area contributed by atoms with Gasteiger partial charge in [0.25, 0.3) is 0 Å². The minimum Gasteiger partial charge on any atom is -0.631 e. The smallest absolute Gasteiger partial charge is 0.227 e. The molecule has 4 heterocycles. The molecule has 0 saturated carbocycles. The highest BCUT2D eigenvalue weighted by Gasteiger charge is 2.59. The van der Waals surface area contributed by atoms with Crippen molar-refractivity contribution in [3.8, 4) is 0 Å². The molecule has 0 aliphatic carbocycles. The Morgan fingerprint density at radius 1 is 1.24 bits per heavy atom. The quantitative estimate of drug-likeness (QED) is 0.547. The van der Waals surface area contributed by atoms with Gasteiger partial charge in [-0.25, -0.2) is 0 Å². The van der Waals surface area contributed by atoms with Crippen molar-refractivity contribution in [2.24, 2.45) is 5.92 Å². The molecule has 0 bridgehead atoms. The zero-order chi connectivity index (χ0) is 14.8. The SMILES string of the molecule is C[C@@H]1C[C@@H]2C[C@@H]3CCCC(=O)N3[C@H]3CC[C@@H](O)[C@@H](C1)[N+]23[O-]. The number of amides is 1. The Kier molecular flexibility index (Phi) is 3.11. The topological polar surface area (TPSA) is 63.6 Å². The van der Waals surface area contributed by atoms with Crippen molar-refractivity contribution in [2.45, 2.75) is 88.7 Å². The first kappa shape index (κ1) is 14.0. The molecule has 118 valence electrons. The number of piperidine rings is 3. The summed E-state index contributed by atoms with van der Waals surface area (Å²) in [4.78, 5) is 14.4. The van der Waals surface area contributed by atoms with E-state index in [1.807, 2.05) is 4.90 Å². The number of hydrogen-bond acceptors (Lipinski definition) is 3. The maximum absolute atomic E-state index is 13.8. The molecule has 4 aliphatic rings. The number of aliphatic hydroxyl groups excluding tert-OH is 1. The highest BCUT2D eigenvalue weighted by Crippen LogP contribution is 2.50. The zero-order valence-electron chi connectivity index (χ0n) is 12.8. The molecule has 0 spiro atoms. The van der Waals surface area contributed by atoms with Crippen molar-refractivity contribution in [1.29, 1.82) is 0 Å². The lowest BCUT2D eigenvalue weighted by Crippen LogP contribution is -2.79. The van der Waals surface area contributed by atoms with Crippen molar-refractivity contribution in [1.82, 2.24) is 4.90 Å². The van der Waals surface area contributed by atoms with Crippen LogP contribution in [0.15, 0.2) is 0 Å². The minimum atomic E-state index is -0.486.